The second-order valence-corrected chi connectivity index (χ2v) is 4.61. The fourth-order valence-corrected chi connectivity index (χ4v) is 1.82. The number of carbonyl (C=O) groups excluding carboxylic acids is 1. The zero-order chi connectivity index (χ0) is 13.8. The van der Waals surface area contributed by atoms with Gasteiger partial charge in [-0.3, -0.25) is 0 Å². The van der Waals surface area contributed by atoms with E-state index in [0.29, 0.717) is 27.1 Å². The van der Waals surface area contributed by atoms with E-state index >= 15 is 0 Å². The van der Waals surface area contributed by atoms with E-state index in [1.54, 1.807) is 42.5 Å². The van der Waals surface area contributed by atoms with Gasteiger partial charge in [0.15, 0.2) is 0 Å². The van der Waals surface area contributed by atoms with Crippen molar-refractivity contribution in [1.82, 2.24) is 0 Å². The van der Waals surface area contributed by atoms with Gasteiger partial charge in [0.05, 0.1) is 21.4 Å². The van der Waals surface area contributed by atoms with Crippen molar-refractivity contribution in [2.24, 2.45) is 0 Å². The average molecular weight is 296 g/mol. The highest BCUT2D eigenvalue weighted by molar-refractivity contribution is 6.34. The molecule has 2 aromatic rings. The summed E-state index contributed by atoms with van der Waals surface area (Å²) in [5.41, 5.74) is 7.12. The van der Waals surface area contributed by atoms with Crippen LogP contribution >= 0.6 is 23.2 Å². The number of hydrogen-bond donors (Lipinski definition) is 3. The first kappa shape index (κ1) is 13.5. The van der Waals surface area contributed by atoms with Gasteiger partial charge in [-0.2, -0.15) is 0 Å². The molecule has 0 aliphatic rings. The van der Waals surface area contributed by atoms with Gasteiger partial charge in [0.2, 0.25) is 0 Å². The molecule has 0 aromatic heterocycles. The molecular weight excluding hydrogens is 285 g/mol. The van der Waals surface area contributed by atoms with Crippen molar-refractivity contribution < 1.29 is 4.79 Å². The Morgan fingerprint density at radius 3 is 2.42 bits per heavy atom. The molecule has 2 aromatic carbocycles. The van der Waals surface area contributed by atoms with Crippen molar-refractivity contribution in [3.8, 4) is 0 Å². The number of anilines is 3. The van der Waals surface area contributed by atoms with Gasteiger partial charge < -0.3 is 16.4 Å². The molecule has 0 aliphatic heterocycles. The Balaban J connectivity index is 2.05. The number of nitrogens with two attached hydrogens (primary N) is 1. The maximum absolute atomic E-state index is 11.8. The molecule has 0 radical (unpaired) electrons. The van der Waals surface area contributed by atoms with Crippen molar-refractivity contribution in [2.75, 3.05) is 16.4 Å². The van der Waals surface area contributed by atoms with Crippen LogP contribution in [0.3, 0.4) is 0 Å². The fraction of sp³-hybridized carbons (Fsp3) is 0. The summed E-state index contributed by atoms with van der Waals surface area (Å²) in [7, 11) is 0. The highest BCUT2D eigenvalue weighted by Gasteiger charge is 2.06. The lowest BCUT2D eigenvalue weighted by Gasteiger charge is -2.09. The van der Waals surface area contributed by atoms with E-state index in [4.69, 9.17) is 28.9 Å². The molecule has 2 amide bonds. The molecule has 0 atom stereocenters. The molecule has 0 aliphatic carbocycles. The topological polar surface area (TPSA) is 67.1 Å². The van der Waals surface area contributed by atoms with Crippen molar-refractivity contribution in [3.63, 3.8) is 0 Å². The molecule has 2 rings (SSSR count). The van der Waals surface area contributed by atoms with Gasteiger partial charge in [-0.05, 0) is 30.3 Å². The monoisotopic (exact) mass is 295 g/mol. The van der Waals surface area contributed by atoms with Crippen LogP contribution in [-0.4, -0.2) is 6.03 Å². The highest BCUT2D eigenvalue weighted by atomic mass is 35.5. The first-order valence-electron chi connectivity index (χ1n) is 5.44. The van der Waals surface area contributed by atoms with Crippen LogP contribution < -0.4 is 16.4 Å². The number of halogens is 2. The first-order chi connectivity index (χ1) is 9.06. The minimum absolute atomic E-state index is 0.385. The number of carbonyl (C=O) groups is 1. The van der Waals surface area contributed by atoms with Gasteiger partial charge >= 0.3 is 6.03 Å². The molecule has 4 nitrogen and oxygen atoms in total. The summed E-state index contributed by atoms with van der Waals surface area (Å²) in [5, 5.41) is 6.12. The quantitative estimate of drug-likeness (QED) is 0.726. The zero-order valence-electron chi connectivity index (χ0n) is 9.78. The van der Waals surface area contributed by atoms with Gasteiger partial charge in [0, 0.05) is 5.69 Å². The van der Waals surface area contributed by atoms with Crippen LogP contribution in [0.2, 0.25) is 10.0 Å². The van der Waals surface area contributed by atoms with Crippen LogP contribution in [0.15, 0.2) is 42.5 Å². The Kier molecular flexibility index (Phi) is 4.14. The molecule has 0 saturated heterocycles. The Morgan fingerprint density at radius 2 is 1.74 bits per heavy atom. The summed E-state index contributed by atoms with van der Waals surface area (Å²) >= 11 is 11.8. The largest absolute Gasteiger partial charge is 0.398 e. The van der Waals surface area contributed by atoms with E-state index in [1.165, 1.54) is 0 Å². The predicted molar refractivity (Wildman–Crippen MR) is 80.0 cm³/mol. The van der Waals surface area contributed by atoms with Crippen LogP contribution in [0, 0.1) is 0 Å². The summed E-state index contributed by atoms with van der Waals surface area (Å²) in [6.07, 6.45) is 0. The van der Waals surface area contributed by atoms with Gasteiger partial charge in [0.1, 0.15) is 0 Å². The lowest BCUT2D eigenvalue weighted by molar-refractivity contribution is 0.262. The van der Waals surface area contributed by atoms with Gasteiger partial charge in [-0.15, -0.1) is 0 Å². The van der Waals surface area contributed by atoms with Gasteiger partial charge in [0.25, 0.3) is 0 Å². The number of urea groups is 1. The smallest absolute Gasteiger partial charge is 0.323 e. The molecule has 98 valence electrons. The van der Waals surface area contributed by atoms with Crippen LogP contribution in [0.5, 0.6) is 0 Å². The van der Waals surface area contributed by atoms with Gasteiger partial charge in [-0.1, -0.05) is 35.3 Å². The number of hydrogen-bond acceptors (Lipinski definition) is 2. The average Bonchev–Trinajstić information content (AvgIpc) is 2.37. The van der Waals surface area contributed by atoms with Crippen LogP contribution in [-0.2, 0) is 0 Å². The van der Waals surface area contributed by atoms with Crippen LogP contribution in [0.1, 0.15) is 0 Å². The molecule has 4 N–H and O–H groups in total. The molecule has 0 spiro atoms. The number of rotatable bonds is 2. The number of para-hydroxylation sites is 1. The molecule has 0 bridgehead atoms. The summed E-state index contributed by atoms with van der Waals surface area (Å²) in [6, 6.07) is 11.4. The molecule has 19 heavy (non-hydrogen) atoms. The van der Waals surface area contributed by atoms with Crippen molar-refractivity contribution >= 4 is 46.3 Å². The molecule has 0 unspecified atom stereocenters. The van der Waals surface area contributed by atoms with Gasteiger partial charge in [-0.25, -0.2) is 4.79 Å². The van der Waals surface area contributed by atoms with Crippen LogP contribution in [0.25, 0.3) is 0 Å². The van der Waals surface area contributed by atoms with E-state index < -0.39 is 6.03 Å². The Morgan fingerprint density at radius 1 is 1.00 bits per heavy atom. The summed E-state index contributed by atoms with van der Waals surface area (Å²) in [6.45, 7) is 0. The van der Waals surface area contributed by atoms with E-state index in [-0.39, 0.29) is 0 Å². The second-order valence-electron chi connectivity index (χ2n) is 3.80. The number of amides is 2. The molecular formula is C13H11Cl2N3O. The number of nitrogen functional groups attached to an aromatic ring is 1. The zero-order valence-corrected chi connectivity index (χ0v) is 11.3. The van der Waals surface area contributed by atoms with Crippen LogP contribution in [0.4, 0.5) is 21.9 Å². The minimum atomic E-state index is -0.408. The lowest BCUT2D eigenvalue weighted by atomic mass is 10.3. The van der Waals surface area contributed by atoms with E-state index in [2.05, 4.69) is 10.6 Å². The van der Waals surface area contributed by atoms with Crippen molar-refractivity contribution in [1.29, 1.82) is 0 Å². The Hall–Kier alpha value is -1.91. The van der Waals surface area contributed by atoms with E-state index in [0.717, 1.165) is 0 Å². The maximum atomic E-state index is 11.8. The summed E-state index contributed by atoms with van der Waals surface area (Å²) in [4.78, 5) is 11.8. The Bertz CT molecular complexity index is 617. The third-order valence-electron chi connectivity index (χ3n) is 2.38. The molecule has 0 saturated carbocycles. The highest BCUT2D eigenvalue weighted by Crippen LogP contribution is 2.23. The Labute approximate surface area is 120 Å². The summed E-state index contributed by atoms with van der Waals surface area (Å²) in [5.74, 6) is 0. The molecule has 6 heteroatoms. The lowest BCUT2D eigenvalue weighted by Crippen LogP contribution is -2.19. The standard InChI is InChI=1S/C13H11Cl2N3O/c14-9-3-1-2-4-12(9)18-13(19)17-8-5-6-11(16)10(15)7-8/h1-7H,16H2,(H2,17,18,19). The first-order valence-corrected chi connectivity index (χ1v) is 6.19. The van der Waals surface area contributed by atoms with E-state index in [1.807, 2.05) is 0 Å². The third-order valence-corrected chi connectivity index (χ3v) is 3.04. The van der Waals surface area contributed by atoms with Crippen molar-refractivity contribution in [2.45, 2.75) is 0 Å². The minimum Gasteiger partial charge on any atom is -0.398 e. The molecule has 0 fully saturated rings. The maximum Gasteiger partial charge on any atom is 0.323 e. The fourth-order valence-electron chi connectivity index (χ4n) is 1.45. The second kappa shape index (κ2) is 5.82. The number of nitrogens with one attached hydrogen (secondary N) is 2. The SMILES string of the molecule is Nc1ccc(NC(=O)Nc2ccccc2Cl)cc1Cl. The normalized spacial score (nSPS) is 10.0. The van der Waals surface area contributed by atoms with Crippen molar-refractivity contribution in [3.05, 3.63) is 52.5 Å². The third kappa shape index (κ3) is 3.53. The molecule has 0 heterocycles. The van der Waals surface area contributed by atoms with E-state index in [9.17, 15) is 4.79 Å². The summed E-state index contributed by atoms with van der Waals surface area (Å²) < 4.78 is 0. The predicted octanol–water partition coefficient (Wildman–Crippen LogP) is 4.22. The number of benzene rings is 2.